The van der Waals surface area contributed by atoms with Crippen molar-refractivity contribution in [2.24, 2.45) is 0 Å². The maximum absolute atomic E-state index is 14.2. The van der Waals surface area contributed by atoms with E-state index in [0.29, 0.717) is 46.8 Å². The number of nitrogens with zero attached hydrogens (tertiary/aromatic N) is 1. The van der Waals surface area contributed by atoms with Gasteiger partial charge in [0, 0.05) is 34.6 Å². The molecule has 9 nitrogen and oxygen atoms in total. The smallest absolute Gasteiger partial charge is 0.296 e. The zero-order valence-electron chi connectivity index (χ0n) is 26.5. The molecule has 5 rings (SSSR count). The molecule has 11 heteroatoms. The Hall–Kier alpha value is -4.22. The Morgan fingerprint density at radius 3 is 2.45 bits per heavy atom. The van der Waals surface area contributed by atoms with Gasteiger partial charge in [-0.15, -0.1) is 0 Å². The first-order valence-electron chi connectivity index (χ1n) is 15.3. The van der Waals surface area contributed by atoms with Crippen LogP contribution in [-0.4, -0.2) is 53.2 Å². The van der Waals surface area contributed by atoms with Crippen molar-refractivity contribution < 1.29 is 31.7 Å². The largest absolute Gasteiger partial charge is 0.496 e. The molecule has 1 heterocycles. The first-order chi connectivity index (χ1) is 22.6. The molecule has 0 fully saturated rings. The summed E-state index contributed by atoms with van der Waals surface area (Å²) in [6, 6.07) is 24.1. The van der Waals surface area contributed by atoms with E-state index in [1.807, 2.05) is 38.1 Å². The second-order valence-electron chi connectivity index (χ2n) is 11.3. The van der Waals surface area contributed by atoms with Crippen LogP contribution in [0.25, 0.3) is 0 Å². The Bertz CT molecular complexity index is 1860. The lowest BCUT2D eigenvalue weighted by molar-refractivity contribution is 0.0454. The van der Waals surface area contributed by atoms with Crippen molar-refractivity contribution >= 4 is 44.9 Å². The van der Waals surface area contributed by atoms with Crippen LogP contribution in [-0.2, 0) is 25.5 Å². The average molecular weight is 677 g/mol. The average Bonchev–Trinajstić information content (AvgIpc) is 3.23. The van der Waals surface area contributed by atoms with Gasteiger partial charge in [0.25, 0.3) is 21.9 Å². The number of carbonyl (C=O) groups is 2. The first kappa shape index (κ1) is 34.1. The Labute approximate surface area is 280 Å². The molecule has 1 atom stereocenters. The lowest BCUT2D eigenvalue weighted by Gasteiger charge is -2.27. The third kappa shape index (κ3) is 8.39. The monoisotopic (exact) mass is 676 g/mol. The highest BCUT2D eigenvalue weighted by atomic mass is 35.5. The van der Waals surface area contributed by atoms with E-state index in [4.69, 9.17) is 25.3 Å². The van der Waals surface area contributed by atoms with E-state index in [9.17, 15) is 18.0 Å². The molecule has 1 aliphatic rings. The molecule has 0 saturated heterocycles. The molecule has 4 aromatic rings. The minimum absolute atomic E-state index is 0.0364. The fourth-order valence-electron chi connectivity index (χ4n) is 5.42. The number of nitrogens with one attached hydrogen (secondary N) is 1. The number of ether oxygens (including phenoxy) is 2. The second-order valence-corrected chi connectivity index (χ2v) is 13.4. The summed E-state index contributed by atoms with van der Waals surface area (Å²) in [5, 5.41) is 3.45. The normalized spacial score (nSPS) is 14.6. The Balaban J connectivity index is 1.28. The topological polar surface area (TPSA) is 111 Å². The summed E-state index contributed by atoms with van der Waals surface area (Å²) in [7, 11) is -2.39. The molecule has 2 amide bonds. The van der Waals surface area contributed by atoms with E-state index in [0.717, 1.165) is 22.4 Å². The van der Waals surface area contributed by atoms with Crippen LogP contribution in [0.3, 0.4) is 0 Å². The van der Waals surface area contributed by atoms with Gasteiger partial charge in [-0.25, -0.2) is 0 Å². The highest BCUT2D eigenvalue weighted by Gasteiger charge is 2.29. The Morgan fingerprint density at radius 1 is 0.936 bits per heavy atom. The van der Waals surface area contributed by atoms with E-state index < -0.39 is 10.1 Å². The summed E-state index contributed by atoms with van der Waals surface area (Å²) >= 11 is 6.33. The number of hydrogen-bond acceptors (Lipinski definition) is 7. The third-order valence-electron chi connectivity index (χ3n) is 7.97. The highest BCUT2D eigenvalue weighted by Crippen LogP contribution is 2.33. The molecular weight excluding hydrogens is 640 g/mol. The number of fused-ring (bicyclic) bond motifs is 1. The van der Waals surface area contributed by atoms with Crippen LogP contribution in [0.2, 0.25) is 5.02 Å². The van der Waals surface area contributed by atoms with Gasteiger partial charge in [-0.3, -0.25) is 13.8 Å². The number of methoxy groups -OCH3 is 1. The second kappa shape index (κ2) is 15.1. The van der Waals surface area contributed by atoms with Crippen LogP contribution in [0.5, 0.6) is 5.75 Å². The fraction of sp³-hybridized carbons (Fsp3) is 0.278. The van der Waals surface area contributed by atoms with E-state index >= 15 is 0 Å². The summed E-state index contributed by atoms with van der Waals surface area (Å²) in [6.07, 6.45) is 1.26. The molecule has 246 valence electrons. The van der Waals surface area contributed by atoms with Gasteiger partial charge in [-0.1, -0.05) is 47.5 Å². The van der Waals surface area contributed by atoms with Gasteiger partial charge in [0.15, 0.2) is 0 Å². The van der Waals surface area contributed by atoms with Crippen LogP contribution in [0.4, 0.5) is 11.4 Å². The summed E-state index contributed by atoms with van der Waals surface area (Å²) in [6.45, 7) is 4.21. The van der Waals surface area contributed by atoms with Gasteiger partial charge < -0.3 is 19.7 Å². The van der Waals surface area contributed by atoms with Gasteiger partial charge in [-0.05, 0) is 92.8 Å². The number of anilines is 2. The van der Waals surface area contributed by atoms with Crippen molar-refractivity contribution in [2.45, 2.75) is 44.1 Å². The zero-order valence-corrected chi connectivity index (χ0v) is 28.1. The maximum Gasteiger partial charge on any atom is 0.296 e. The van der Waals surface area contributed by atoms with Gasteiger partial charge in [0.2, 0.25) is 0 Å². The van der Waals surface area contributed by atoms with Crippen LogP contribution in [0.15, 0.2) is 89.8 Å². The number of amides is 2. The lowest BCUT2D eigenvalue weighted by atomic mass is 10.1. The quantitative estimate of drug-likeness (QED) is 0.135. The molecule has 0 bridgehead atoms. The summed E-state index contributed by atoms with van der Waals surface area (Å²) in [4.78, 5) is 28.8. The molecule has 0 radical (unpaired) electrons. The summed E-state index contributed by atoms with van der Waals surface area (Å²) in [5.74, 6) is -0.257. The third-order valence-corrected chi connectivity index (χ3v) is 9.53. The molecule has 0 aromatic heterocycles. The molecule has 0 spiro atoms. The van der Waals surface area contributed by atoms with Crippen LogP contribution >= 0.6 is 11.6 Å². The number of rotatable bonds is 11. The van der Waals surface area contributed by atoms with E-state index in [2.05, 4.69) is 5.32 Å². The van der Waals surface area contributed by atoms with E-state index in [1.54, 1.807) is 53.4 Å². The number of carbonyl (C=O) groups excluding carboxylic acids is 2. The number of hydrogen-bond donors (Lipinski definition) is 1. The van der Waals surface area contributed by atoms with Crippen molar-refractivity contribution in [3.8, 4) is 5.75 Å². The maximum atomic E-state index is 14.2. The molecular formula is C36H37ClN2O7S. The SMILES string of the molecule is COc1cc(NC(=O)c2ccccc2C)ccc1C(=O)N1CC(OCCCOS(=O)(=O)c2ccc(C)cc2)CCc2cc(Cl)ccc21. The zero-order chi connectivity index (χ0) is 33.6. The predicted octanol–water partition coefficient (Wildman–Crippen LogP) is 6.99. The summed E-state index contributed by atoms with van der Waals surface area (Å²) < 4.78 is 42.0. The standard InChI is InChI=1S/C36H37ClN2O7S/c1-24-9-15-30(16-10-24)47(42,43)46-20-6-19-45-29-14-11-26-21-27(37)12-18-33(26)39(23-29)36(41)32-17-13-28(22-34(32)44-3)38-35(40)31-8-5-4-7-25(31)2/h4-5,7-10,12-13,15-18,21-22,29H,6,11,14,19-20,23H2,1-3H3,(H,38,40). The molecule has 0 saturated carbocycles. The van der Waals surface area contributed by atoms with Crippen LogP contribution in [0.1, 0.15) is 50.2 Å². The molecule has 1 N–H and O–H groups in total. The van der Waals surface area contributed by atoms with Gasteiger partial charge >= 0.3 is 0 Å². The van der Waals surface area contributed by atoms with Crippen molar-refractivity contribution in [3.63, 3.8) is 0 Å². The van der Waals surface area contributed by atoms with Gasteiger partial charge in [-0.2, -0.15) is 8.42 Å². The van der Waals surface area contributed by atoms with Crippen LogP contribution in [0, 0.1) is 13.8 Å². The van der Waals surface area contributed by atoms with Gasteiger partial charge in [0.05, 0.1) is 36.8 Å². The van der Waals surface area contributed by atoms with Crippen LogP contribution < -0.4 is 15.0 Å². The predicted molar refractivity (Wildman–Crippen MR) is 182 cm³/mol. The van der Waals surface area contributed by atoms with E-state index in [1.165, 1.54) is 19.2 Å². The Kier molecular flexibility index (Phi) is 11.0. The van der Waals surface area contributed by atoms with Crippen molar-refractivity contribution in [3.05, 3.63) is 118 Å². The summed E-state index contributed by atoms with van der Waals surface area (Å²) in [5.41, 5.74) is 4.79. The van der Waals surface area contributed by atoms with Gasteiger partial charge in [0.1, 0.15) is 5.75 Å². The van der Waals surface area contributed by atoms with E-state index in [-0.39, 0.29) is 42.6 Å². The number of aryl methyl sites for hydroxylation is 3. The molecule has 4 aromatic carbocycles. The molecule has 47 heavy (non-hydrogen) atoms. The first-order valence-corrected chi connectivity index (χ1v) is 17.1. The molecule has 0 aliphatic carbocycles. The Morgan fingerprint density at radius 2 is 1.70 bits per heavy atom. The fourth-order valence-corrected chi connectivity index (χ4v) is 6.56. The lowest BCUT2D eigenvalue weighted by Crippen LogP contribution is -2.38. The molecule has 1 aliphatic heterocycles. The minimum atomic E-state index is -3.87. The highest BCUT2D eigenvalue weighted by molar-refractivity contribution is 7.86. The van der Waals surface area contributed by atoms with Crippen molar-refractivity contribution in [2.75, 3.05) is 37.1 Å². The minimum Gasteiger partial charge on any atom is -0.496 e. The molecule has 1 unspecified atom stereocenters. The van der Waals surface area contributed by atoms with Crippen molar-refractivity contribution in [1.82, 2.24) is 0 Å². The van der Waals surface area contributed by atoms with Crippen molar-refractivity contribution in [1.29, 1.82) is 0 Å². The number of halogens is 1. The number of benzene rings is 4.